The lowest BCUT2D eigenvalue weighted by atomic mass is 10.0. The van der Waals surface area contributed by atoms with Crippen molar-refractivity contribution in [1.82, 2.24) is 10.3 Å². The number of benzene rings is 1. The predicted octanol–water partition coefficient (Wildman–Crippen LogP) is 3.31. The highest BCUT2D eigenvalue weighted by molar-refractivity contribution is 5.57. The SMILES string of the molecule is Cc1cccnc1CC(C)NC1CCN(c2ccc3c(c2)OCO3)CC1. The van der Waals surface area contributed by atoms with Crippen molar-refractivity contribution in [2.24, 2.45) is 0 Å². The maximum Gasteiger partial charge on any atom is 0.231 e. The average molecular weight is 353 g/mol. The first-order valence-electron chi connectivity index (χ1n) is 9.50. The predicted molar refractivity (Wildman–Crippen MR) is 103 cm³/mol. The molecule has 4 rings (SSSR count). The lowest BCUT2D eigenvalue weighted by molar-refractivity contribution is 0.174. The van der Waals surface area contributed by atoms with Gasteiger partial charge in [0.25, 0.3) is 0 Å². The van der Waals surface area contributed by atoms with Crippen molar-refractivity contribution in [1.29, 1.82) is 0 Å². The number of aryl methyl sites for hydroxylation is 1. The first kappa shape index (κ1) is 17.2. The molecule has 0 saturated carbocycles. The number of nitrogens with one attached hydrogen (secondary N) is 1. The molecule has 1 aromatic carbocycles. The molecule has 5 heteroatoms. The molecule has 0 amide bonds. The molecular weight excluding hydrogens is 326 g/mol. The summed E-state index contributed by atoms with van der Waals surface area (Å²) in [6, 6.07) is 11.4. The molecule has 1 atom stereocenters. The Bertz CT molecular complexity index is 757. The Morgan fingerprint density at radius 2 is 2.00 bits per heavy atom. The van der Waals surface area contributed by atoms with Crippen LogP contribution in [-0.4, -0.2) is 37.0 Å². The number of anilines is 1. The van der Waals surface area contributed by atoms with E-state index in [1.807, 2.05) is 18.3 Å². The van der Waals surface area contributed by atoms with Gasteiger partial charge in [0.05, 0.1) is 0 Å². The van der Waals surface area contributed by atoms with Gasteiger partial charge < -0.3 is 19.7 Å². The number of hydrogen-bond acceptors (Lipinski definition) is 5. The Morgan fingerprint density at radius 3 is 2.81 bits per heavy atom. The van der Waals surface area contributed by atoms with Gasteiger partial charge in [-0.1, -0.05) is 6.07 Å². The number of hydrogen-bond donors (Lipinski definition) is 1. The Hall–Kier alpha value is -2.27. The molecule has 5 nitrogen and oxygen atoms in total. The van der Waals surface area contributed by atoms with Crippen molar-refractivity contribution < 1.29 is 9.47 Å². The fraction of sp³-hybridized carbons (Fsp3) is 0.476. The number of aromatic nitrogens is 1. The molecule has 1 saturated heterocycles. The average Bonchev–Trinajstić information content (AvgIpc) is 3.12. The molecule has 2 aliphatic rings. The zero-order valence-corrected chi connectivity index (χ0v) is 15.6. The number of nitrogens with zero attached hydrogens (tertiary/aromatic N) is 2. The molecule has 0 spiro atoms. The summed E-state index contributed by atoms with van der Waals surface area (Å²) in [6.45, 7) is 6.86. The smallest absolute Gasteiger partial charge is 0.231 e. The molecule has 2 aliphatic heterocycles. The van der Waals surface area contributed by atoms with Crippen LogP contribution in [0.25, 0.3) is 0 Å². The van der Waals surface area contributed by atoms with Crippen molar-refractivity contribution >= 4 is 5.69 Å². The van der Waals surface area contributed by atoms with Gasteiger partial charge in [-0.25, -0.2) is 0 Å². The van der Waals surface area contributed by atoms with E-state index in [1.54, 1.807) is 0 Å². The Balaban J connectivity index is 1.29. The molecule has 0 bridgehead atoms. The van der Waals surface area contributed by atoms with Crippen LogP contribution in [0.15, 0.2) is 36.5 Å². The summed E-state index contributed by atoms with van der Waals surface area (Å²) >= 11 is 0. The van der Waals surface area contributed by atoms with E-state index in [2.05, 4.69) is 47.2 Å². The van der Waals surface area contributed by atoms with Crippen LogP contribution in [0.3, 0.4) is 0 Å². The number of ether oxygens (including phenoxy) is 2. The van der Waals surface area contributed by atoms with Crippen LogP contribution in [-0.2, 0) is 6.42 Å². The van der Waals surface area contributed by atoms with Gasteiger partial charge in [-0.15, -0.1) is 0 Å². The van der Waals surface area contributed by atoms with Crippen LogP contribution in [0.2, 0.25) is 0 Å². The number of rotatable bonds is 5. The topological polar surface area (TPSA) is 46.6 Å². The third kappa shape index (κ3) is 3.78. The normalized spacial score (nSPS) is 18.2. The van der Waals surface area contributed by atoms with Crippen LogP contribution in [0, 0.1) is 6.92 Å². The summed E-state index contributed by atoms with van der Waals surface area (Å²) in [5, 5.41) is 3.80. The van der Waals surface area contributed by atoms with Gasteiger partial charge in [0.2, 0.25) is 6.79 Å². The maximum absolute atomic E-state index is 5.50. The Morgan fingerprint density at radius 1 is 1.19 bits per heavy atom. The summed E-state index contributed by atoms with van der Waals surface area (Å²) in [5.74, 6) is 1.71. The summed E-state index contributed by atoms with van der Waals surface area (Å²) < 4.78 is 10.9. The van der Waals surface area contributed by atoms with Gasteiger partial charge in [-0.05, 0) is 50.5 Å². The van der Waals surface area contributed by atoms with Crippen molar-refractivity contribution in [3.8, 4) is 11.5 Å². The maximum atomic E-state index is 5.50. The zero-order chi connectivity index (χ0) is 17.9. The lowest BCUT2D eigenvalue weighted by Gasteiger charge is -2.35. The highest BCUT2D eigenvalue weighted by Gasteiger charge is 2.22. The summed E-state index contributed by atoms with van der Waals surface area (Å²) in [7, 11) is 0. The van der Waals surface area contributed by atoms with Crippen LogP contribution in [0.5, 0.6) is 11.5 Å². The molecule has 1 N–H and O–H groups in total. The second-order valence-electron chi connectivity index (χ2n) is 7.34. The van der Waals surface area contributed by atoms with E-state index >= 15 is 0 Å². The molecule has 1 fully saturated rings. The van der Waals surface area contributed by atoms with Crippen LogP contribution in [0.4, 0.5) is 5.69 Å². The van der Waals surface area contributed by atoms with Crippen LogP contribution < -0.4 is 19.7 Å². The Labute approximate surface area is 155 Å². The summed E-state index contributed by atoms with van der Waals surface area (Å²) in [6.07, 6.45) is 5.17. The minimum Gasteiger partial charge on any atom is -0.454 e. The van der Waals surface area contributed by atoms with Gasteiger partial charge in [0.15, 0.2) is 11.5 Å². The van der Waals surface area contributed by atoms with Crippen molar-refractivity contribution in [2.45, 2.75) is 45.2 Å². The minimum atomic E-state index is 0.332. The number of pyridine rings is 1. The van der Waals surface area contributed by atoms with E-state index in [1.165, 1.54) is 16.9 Å². The first-order chi connectivity index (χ1) is 12.7. The molecule has 26 heavy (non-hydrogen) atoms. The molecule has 1 aromatic heterocycles. The van der Waals surface area contributed by atoms with Crippen LogP contribution >= 0.6 is 0 Å². The highest BCUT2D eigenvalue weighted by Crippen LogP contribution is 2.36. The Kier molecular flexibility index (Phi) is 4.98. The monoisotopic (exact) mass is 353 g/mol. The van der Waals surface area contributed by atoms with E-state index in [-0.39, 0.29) is 0 Å². The summed E-state index contributed by atoms with van der Waals surface area (Å²) in [4.78, 5) is 6.96. The first-order valence-corrected chi connectivity index (χ1v) is 9.50. The highest BCUT2D eigenvalue weighted by atomic mass is 16.7. The van der Waals surface area contributed by atoms with Crippen molar-refractivity contribution in [3.63, 3.8) is 0 Å². The van der Waals surface area contributed by atoms with E-state index in [0.717, 1.165) is 43.9 Å². The molecule has 2 aromatic rings. The van der Waals surface area contributed by atoms with E-state index in [0.29, 0.717) is 18.9 Å². The molecule has 0 radical (unpaired) electrons. The van der Waals surface area contributed by atoms with Gasteiger partial charge in [-0.3, -0.25) is 4.98 Å². The van der Waals surface area contributed by atoms with Crippen LogP contribution in [0.1, 0.15) is 31.0 Å². The number of piperidine rings is 1. The molecule has 3 heterocycles. The minimum absolute atomic E-state index is 0.332. The van der Waals surface area contributed by atoms with E-state index < -0.39 is 0 Å². The van der Waals surface area contributed by atoms with Crippen molar-refractivity contribution in [2.75, 3.05) is 24.8 Å². The standard InChI is InChI=1S/C21H27N3O2/c1-15-4-3-9-22-19(15)12-16(2)23-17-7-10-24(11-8-17)18-5-6-20-21(13-18)26-14-25-20/h3-6,9,13,16-17,23H,7-8,10-12,14H2,1-2H3. The molecule has 138 valence electrons. The van der Waals surface area contributed by atoms with Gasteiger partial charge in [0, 0.05) is 55.2 Å². The zero-order valence-electron chi connectivity index (χ0n) is 15.6. The van der Waals surface area contributed by atoms with Gasteiger partial charge in [0.1, 0.15) is 0 Å². The second-order valence-corrected chi connectivity index (χ2v) is 7.34. The lowest BCUT2D eigenvalue weighted by Crippen LogP contribution is -2.46. The fourth-order valence-electron chi connectivity index (χ4n) is 3.87. The molecule has 1 unspecified atom stereocenters. The van der Waals surface area contributed by atoms with Gasteiger partial charge >= 0.3 is 0 Å². The number of fused-ring (bicyclic) bond motifs is 1. The van der Waals surface area contributed by atoms with Crippen molar-refractivity contribution in [3.05, 3.63) is 47.8 Å². The molecule has 0 aliphatic carbocycles. The largest absolute Gasteiger partial charge is 0.454 e. The van der Waals surface area contributed by atoms with E-state index in [9.17, 15) is 0 Å². The van der Waals surface area contributed by atoms with Gasteiger partial charge in [-0.2, -0.15) is 0 Å². The third-order valence-corrected chi connectivity index (χ3v) is 5.35. The third-order valence-electron chi connectivity index (χ3n) is 5.35. The molecular formula is C21H27N3O2. The summed E-state index contributed by atoms with van der Waals surface area (Å²) in [5.41, 5.74) is 3.70. The quantitative estimate of drug-likeness (QED) is 0.894. The second kappa shape index (κ2) is 7.54. The van der Waals surface area contributed by atoms with E-state index in [4.69, 9.17) is 9.47 Å². The fourth-order valence-corrected chi connectivity index (χ4v) is 3.87.